The number of aryl methyl sites for hydroxylation is 1. The first-order valence-electron chi connectivity index (χ1n) is 11.9. The molecule has 0 fully saturated rings. The molecule has 10 heteroatoms. The van der Waals surface area contributed by atoms with E-state index in [1.165, 1.54) is 19.1 Å². The van der Waals surface area contributed by atoms with Crippen LogP contribution in [-0.4, -0.2) is 5.91 Å². The Balaban J connectivity index is 2.02. The van der Waals surface area contributed by atoms with Crippen LogP contribution in [0, 0.1) is 18.6 Å². The molecule has 0 atom stereocenters. The number of hydrogen-bond acceptors (Lipinski definition) is 1. The predicted octanol–water partition coefficient (Wildman–Crippen LogP) is 8.23. The molecule has 1 N–H and O–H groups in total. The molecule has 0 saturated heterocycles. The summed E-state index contributed by atoms with van der Waals surface area (Å²) in [6, 6.07) is 17.7. The highest BCUT2D eigenvalue weighted by molar-refractivity contribution is 5.95. The number of carbonyl (C=O) groups excluding carboxylic acids is 1. The van der Waals surface area contributed by atoms with Crippen molar-refractivity contribution in [1.29, 1.82) is 0 Å². The monoisotopic (exact) mass is 563 g/mol. The maximum atomic E-state index is 14.8. The highest BCUT2D eigenvalue weighted by Crippen LogP contribution is 2.40. The summed E-state index contributed by atoms with van der Waals surface area (Å²) < 4.78 is 112. The van der Waals surface area contributed by atoms with Crippen LogP contribution in [0.1, 0.15) is 43.7 Å². The minimum absolute atomic E-state index is 0.0969. The van der Waals surface area contributed by atoms with Crippen LogP contribution in [0.4, 0.5) is 35.1 Å². The average Bonchev–Trinajstić information content (AvgIpc) is 2.91. The highest BCUT2D eigenvalue weighted by atomic mass is 19.4. The molecule has 0 unspecified atom stereocenters. The molecule has 2 nitrogen and oxygen atoms in total. The van der Waals surface area contributed by atoms with Crippen LogP contribution >= 0.6 is 0 Å². The van der Waals surface area contributed by atoms with Crippen molar-refractivity contribution in [3.63, 3.8) is 0 Å². The van der Waals surface area contributed by atoms with Crippen LogP contribution in [0.15, 0.2) is 91.0 Å². The van der Waals surface area contributed by atoms with E-state index in [9.17, 15) is 39.9 Å². The van der Waals surface area contributed by atoms with Gasteiger partial charge < -0.3 is 5.32 Å². The largest absolute Gasteiger partial charge is 0.416 e. The zero-order chi connectivity index (χ0) is 29.3. The van der Waals surface area contributed by atoms with Gasteiger partial charge >= 0.3 is 12.4 Å². The number of alkyl halides is 6. The molecule has 0 aliphatic carbocycles. The Kier molecular flexibility index (Phi) is 7.74. The number of benzene rings is 4. The van der Waals surface area contributed by atoms with Crippen molar-refractivity contribution < 1.29 is 39.9 Å². The van der Waals surface area contributed by atoms with Crippen molar-refractivity contribution in [3.8, 4) is 0 Å². The second kappa shape index (κ2) is 10.7. The Morgan fingerprint density at radius 1 is 0.650 bits per heavy atom. The number of carbonyl (C=O) groups is 1. The van der Waals surface area contributed by atoms with Gasteiger partial charge in [-0.05, 0) is 59.5 Å². The van der Waals surface area contributed by atoms with E-state index in [0.29, 0.717) is 5.56 Å². The number of nitrogens with one attached hydrogen (secondary N) is 1. The molecule has 0 saturated carbocycles. The Hall–Kier alpha value is -4.21. The first kappa shape index (κ1) is 28.8. The Bertz CT molecular complexity index is 1470. The van der Waals surface area contributed by atoms with Gasteiger partial charge in [0, 0.05) is 6.42 Å². The zero-order valence-electron chi connectivity index (χ0n) is 20.8. The minimum Gasteiger partial charge on any atom is -0.338 e. The van der Waals surface area contributed by atoms with Crippen molar-refractivity contribution >= 4 is 5.91 Å². The Morgan fingerprint density at radius 2 is 1.15 bits per heavy atom. The summed E-state index contributed by atoms with van der Waals surface area (Å²) in [5.41, 5.74) is -5.16. The van der Waals surface area contributed by atoms with E-state index in [0.717, 1.165) is 48.5 Å². The molecule has 1 amide bonds. The highest BCUT2D eigenvalue weighted by Gasteiger charge is 2.41. The normalized spacial score (nSPS) is 12.3. The molecule has 208 valence electrons. The third-order valence-electron chi connectivity index (χ3n) is 6.52. The van der Waals surface area contributed by atoms with E-state index in [1.54, 1.807) is 30.3 Å². The van der Waals surface area contributed by atoms with E-state index in [4.69, 9.17) is 0 Å². The van der Waals surface area contributed by atoms with Crippen molar-refractivity contribution in [1.82, 2.24) is 5.32 Å². The maximum absolute atomic E-state index is 14.8. The lowest BCUT2D eigenvalue weighted by atomic mass is 9.76. The van der Waals surface area contributed by atoms with Gasteiger partial charge in [-0.3, -0.25) is 4.79 Å². The predicted molar refractivity (Wildman–Crippen MR) is 132 cm³/mol. The van der Waals surface area contributed by atoms with Gasteiger partial charge in [-0.25, -0.2) is 8.78 Å². The summed E-state index contributed by atoms with van der Waals surface area (Å²) in [6.45, 7) is 1.27. The minimum atomic E-state index is -4.82. The molecule has 0 spiro atoms. The molecule has 40 heavy (non-hydrogen) atoms. The molecule has 4 aromatic carbocycles. The molecular formula is C30H21F8NO. The smallest absolute Gasteiger partial charge is 0.338 e. The molecule has 0 aliphatic heterocycles. The first-order chi connectivity index (χ1) is 18.7. The van der Waals surface area contributed by atoms with Crippen LogP contribution < -0.4 is 5.32 Å². The van der Waals surface area contributed by atoms with Crippen molar-refractivity contribution in [2.45, 2.75) is 31.2 Å². The fraction of sp³-hybridized carbons (Fsp3) is 0.167. The van der Waals surface area contributed by atoms with Gasteiger partial charge in [0.15, 0.2) is 11.6 Å². The summed E-state index contributed by atoms with van der Waals surface area (Å²) in [7, 11) is 0. The SMILES string of the molecule is Cc1ccc(C(=O)NC(Cc2ccccc2)(c2cccc(C(F)(F)F)c2)c2cccc(C(F)(F)F)c2)c(F)c1F. The fourth-order valence-corrected chi connectivity index (χ4v) is 4.47. The van der Waals surface area contributed by atoms with E-state index in [-0.39, 0.29) is 23.1 Å². The summed E-state index contributed by atoms with van der Waals surface area (Å²) in [5.74, 6) is -4.04. The summed E-state index contributed by atoms with van der Waals surface area (Å²) in [4.78, 5) is 13.5. The van der Waals surface area contributed by atoms with Gasteiger partial charge in [0.1, 0.15) is 0 Å². The summed E-state index contributed by atoms with van der Waals surface area (Å²) in [5, 5.41) is 2.49. The molecule has 0 aliphatic rings. The lowest BCUT2D eigenvalue weighted by Gasteiger charge is -2.37. The second-order valence-corrected chi connectivity index (χ2v) is 9.24. The third kappa shape index (κ3) is 5.85. The van der Waals surface area contributed by atoms with Gasteiger partial charge in [0.25, 0.3) is 5.91 Å². The van der Waals surface area contributed by atoms with Crippen LogP contribution in [0.5, 0.6) is 0 Å². The Labute approximate surface area is 224 Å². The lowest BCUT2D eigenvalue weighted by Crippen LogP contribution is -2.49. The number of hydrogen-bond donors (Lipinski definition) is 1. The molecule has 4 aromatic rings. The molecule has 0 radical (unpaired) electrons. The molecule has 0 bridgehead atoms. The van der Waals surface area contributed by atoms with Gasteiger partial charge in [-0.1, -0.05) is 60.7 Å². The van der Waals surface area contributed by atoms with Crippen molar-refractivity contribution in [3.05, 3.63) is 142 Å². The van der Waals surface area contributed by atoms with E-state index < -0.39 is 52.1 Å². The lowest BCUT2D eigenvalue weighted by molar-refractivity contribution is -0.138. The van der Waals surface area contributed by atoms with Crippen molar-refractivity contribution in [2.75, 3.05) is 0 Å². The summed E-state index contributed by atoms with van der Waals surface area (Å²) >= 11 is 0. The molecule has 0 heterocycles. The third-order valence-corrected chi connectivity index (χ3v) is 6.52. The standard InChI is InChI=1S/C30H21F8NO/c1-18-13-14-24(26(32)25(18)31)27(40)39-28(17-19-7-3-2-4-8-19,20-9-5-11-22(15-20)29(33,34)35)21-10-6-12-23(16-21)30(36,37)38/h2-16H,17H2,1H3,(H,39,40). The number of halogens is 8. The van der Waals surface area contributed by atoms with Crippen LogP contribution in [0.2, 0.25) is 0 Å². The fourth-order valence-electron chi connectivity index (χ4n) is 4.47. The quantitative estimate of drug-likeness (QED) is 0.235. The first-order valence-corrected chi connectivity index (χ1v) is 11.9. The zero-order valence-corrected chi connectivity index (χ0v) is 20.8. The van der Waals surface area contributed by atoms with Gasteiger partial charge in [0.05, 0.1) is 22.2 Å². The van der Waals surface area contributed by atoms with Crippen LogP contribution in [-0.2, 0) is 24.3 Å². The van der Waals surface area contributed by atoms with E-state index in [2.05, 4.69) is 5.32 Å². The topological polar surface area (TPSA) is 29.1 Å². The van der Waals surface area contributed by atoms with Gasteiger partial charge in [-0.2, -0.15) is 26.3 Å². The summed E-state index contributed by atoms with van der Waals surface area (Å²) in [6.07, 6.45) is -9.96. The maximum Gasteiger partial charge on any atom is 0.416 e. The van der Waals surface area contributed by atoms with Gasteiger partial charge in [0.2, 0.25) is 0 Å². The second-order valence-electron chi connectivity index (χ2n) is 9.24. The molecule has 4 rings (SSSR count). The Morgan fingerprint density at radius 3 is 1.65 bits per heavy atom. The molecular weight excluding hydrogens is 542 g/mol. The van der Waals surface area contributed by atoms with Crippen molar-refractivity contribution in [2.24, 2.45) is 0 Å². The number of amides is 1. The van der Waals surface area contributed by atoms with E-state index >= 15 is 0 Å². The van der Waals surface area contributed by atoms with Gasteiger partial charge in [-0.15, -0.1) is 0 Å². The van der Waals surface area contributed by atoms with Crippen LogP contribution in [0.25, 0.3) is 0 Å². The average molecular weight is 563 g/mol. The molecule has 0 aromatic heterocycles. The van der Waals surface area contributed by atoms with Crippen LogP contribution in [0.3, 0.4) is 0 Å². The number of rotatable bonds is 6. The van der Waals surface area contributed by atoms with E-state index in [1.807, 2.05) is 0 Å².